The van der Waals surface area contributed by atoms with Crippen molar-refractivity contribution < 1.29 is 4.79 Å². The predicted octanol–water partition coefficient (Wildman–Crippen LogP) is 2.23. The third-order valence-electron chi connectivity index (χ3n) is 2.08. The molecule has 0 fully saturated rings. The minimum absolute atomic E-state index is 0.0764. The number of hydrogen-bond donors (Lipinski definition) is 0. The minimum atomic E-state index is -0.394. The van der Waals surface area contributed by atoms with Crippen LogP contribution in [0.5, 0.6) is 0 Å². The summed E-state index contributed by atoms with van der Waals surface area (Å²) in [4.78, 5) is 22.8. The molecular formula is C11H8N2O2S2. The largest absolute Gasteiger partial charge is 0.293 e. The second-order valence-corrected chi connectivity index (χ2v) is 4.91. The number of rotatable bonds is 2. The van der Waals surface area contributed by atoms with E-state index in [1.54, 1.807) is 0 Å². The van der Waals surface area contributed by atoms with Crippen molar-refractivity contribution in [1.29, 1.82) is 0 Å². The topological polar surface area (TPSA) is 52.0 Å². The van der Waals surface area contributed by atoms with Crippen molar-refractivity contribution in [1.82, 2.24) is 9.78 Å². The highest BCUT2D eigenvalue weighted by Crippen LogP contribution is 2.08. The molecule has 2 rings (SSSR count). The van der Waals surface area contributed by atoms with E-state index >= 15 is 0 Å². The molecular weight excluding hydrogens is 256 g/mol. The Morgan fingerprint density at radius 1 is 1.35 bits per heavy atom. The Hall–Kier alpha value is -1.66. The first-order valence-electron chi connectivity index (χ1n) is 4.80. The van der Waals surface area contributed by atoms with Crippen LogP contribution in [0.3, 0.4) is 0 Å². The van der Waals surface area contributed by atoms with Gasteiger partial charge in [0.05, 0.1) is 5.69 Å². The number of nitrogens with zero attached hydrogens (tertiary/aromatic N) is 2. The van der Waals surface area contributed by atoms with Crippen LogP contribution in [0.4, 0.5) is 0 Å². The lowest BCUT2D eigenvalue weighted by Crippen LogP contribution is -2.17. The molecule has 1 heterocycles. The number of para-hydroxylation sites is 1. The van der Waals surface area contributed by atoms with Crippen molar-refractivity contribution in [2.24, 2.45) is 0 Å². The average molecular weight is 264 g/mol. The fourth-order valence-electron chi connectivity index (χ4n) is 1.30. The number of benzene rings is 1. The molecule has 0 aliphatic heterocycles. The molecule has 17 heavy (non-hydrogen) atoms. The van der Waals surface area contributed by atoms with E-state index in [4.69, 9.17) is 12.2 Å². The smallest absolute Gasteiger partial charge is 0.266 e. The summed E-state index contributed by atoms with van der Waals surface area (Å²) in [5.41, 5.74) is 0.656. The zero-order chi connectivity index (χ0) is 12.4. The molecule has 0 unspecified atom stereocenters. The Morgan fingerprint density at radius 3 is 2.59 bits per heavy atom. The second-order valence-electron chi connectivity index (χ2n) is 3.31. The zero-order valence-corrected chi connectivity index (χ0v) is 10.5. The zero-order valence-electron chi connectivity index (χ0n) is 8.91. The van der Waals surface area contributed by atoms with Crippen LogP contribution in [0.15, 0.2) is 35.1 Å². The Bertz CT molecular complexity index is 674. The first-order chi connectivity index (χ1) is 8.09. The van der Waals surface area contributed by atoms with E-state index in [1.807, 2.05) is 30.3 Å². The number of carbonyl (C=O) groups excluding carboxylic acids is 1. The highest BCUT2D eigenvalue weighted by Gasteiger charge is 2.10. The summed E-state index contributed by atoms with van der Waals surface area (Å²) in [6.45, 7) is 1.31. The maximum Gasteiger partial charge on any atom is 0.266 e. The normalized spacial score (nSPS) is 10.2. The van der Waals surface area contributed by atoms with Crippen LogP contribution >= 0.6 is 23.6 Å². The van der Waals surface area contributed by atoms with Crippen LogP contribution in [0.1, 0.15) is 17.4 Å². The average Bonchev–Trinajstić information content (AvgIpc) is 2.29. The van der Waals surface area contributed by atoms with Gasteiger partial charge >= 0.3 is 0 Å². The first kappa shape index (κ1) is 11.8. The molecule has 0 saturated heterocycles. The summed E-state index contributed by atoms with van der Waals surface area (Å²) in [6.07, 6.45) is 0. The molecule has 0 amide bonds. The van der Waals surface area contributed by atoms with E-state index in [1.165, 1.54) is 11.6 Å². The van der Waals surface area contributed by atoms with Crippen LogP contribution in [0, 0.1) is 3.95 Å². The van der Waals surface area contributed by atoms with Crippen LogP contribution in [0.2, 0.25) is 0 Å². The van der Waals surface area contributed by atoms with Gasteiger partial charge in [0, 0.05) is 6.92 Å². The quantitative estimate of drug-likeness (QED) is 0.616. The third-order valence-corrected chi connectivity index (χ3v) is 3.23. The first-order valence-corrected chi connectivity index (χ1v) is 6.03. The van der Waals surface area contributed by atoms with E-state index in [9.17, 15) is 9.59 Å². The molecule has 86 valence electrons. The number of ketones is 1. The summed E-state index contributed by atoms with van der Waals surface area (Å²) in [5, 5.41) is 4.00. The summed E-state index contributed by atoms with van der Waals surface area (Å²) in [7, 11) is 0. The van der Waals surface area contributed by atoms with Gasteiger partial charge in [0.25, 0.3) is 4.74 Å². The van der Waals surface area contributed by atoms with Gasteiger partial charge in [-0.15, -0.1) is 0 Å². The van der Waals surface area contributed by atoms with Crippen molar-refractivity contribution in [3.05, 3.63) is 49.5 Å². The van der Waals surface area contributed by atoms with Crippen molar-refractivity contribution >= 4 is 29.3 Å². The van der Waals surface area contributed by atoms with Gasteiger partial charge in [-0.1, -0.05) is 29.5 Å². The standard InChI is InChI=1S/C11H8N2O2S2/c1-7(14)9-10(15)17-11(16)13(12-9)8-5-3-2-4-6-8/h2-6H,1H3. The summed E-state index contributed by atoms with van der Waals surface area (Å²) in [5.74, 6) is -0.356. The van der Waals surface area contributed by atoms with E-state index in [-0.39, 0.29) is 11.5 Å². The molecule has 0 radical (unpaired) electrons. The molecule has 0 aliphatic carbocycles. The third kappa shape index (κ3) is 2.37. The van der Waals surface area contributed by atoms with Gasteiger partial charge in [-0.25, -0.2) is 4.68 Å². The summed E-state index contributed by atoms with van der Waals surface area (Å²) in [6, 6.07) is 9.15. The fourth-order valence-corrected chi connectivity index (χ4v) is 2.34. The molecule has 1 aromatic carbocycles. The molecule has 4 nitrogen and oxygen atoms in total. The number of Topliss-reactive ketones (excluding diaryl/α,β-unsaturated/α-hetero) is 1. The highest BCUT2D eigenvalue weighted by molar-refractivity contribution is 7.73. The molecule has 0 atom stereocenters. The number of aromatic nitrogens is 2. The molecule has 0 bridgehead atoms. The molecule has 2 aromatic rings. The molecule has 0 spiro atoms. The van der Waals surface area contributed by atoms with Gasteiger partial charge in [0.15, 0.2) is 15.4 Å². The van der Waals surface area contributed by atoms with E-state index in [2.05, 4.69) is 5.10 Å². The summed E-state index contributed by atoms with van der Waals surface area (Å²) < 4.78 is 1.36. The Morgan fingerprint density at radius 2 is 2.00 bits per heavy atom. The maximum atomic E-state index is 11.5. The second kappa shape index (κ2) is 4.68. The number of hydrogen-bond acceptors (Lipinski definition) is 5. The van der Waals surface area contributed by atoms with Crippen molar-refractivity contribution in [3.8, 4) is 5.69 Å². The molecule has 6 heteroatoms. The Labute approximate surface area is 106 Å². The molecule has 0 N–H and O–H groups in total. The lowest BCUT2D eigenvalue weighted by Gasteiger charge is -2.04. The van der Waals surface area contributed by atoms with Crippen molar-refractivity contribution in [2.75, 3.05) is 0 Å². The predicted molar refractivity (Wildman–Crippen MR) is 68.5 cm³/mol. The van der Waals surface area contributed by atoms with Crippen LogP contribution in [-0.2, 0) is 0 Å². The van der Waals surface area contributed by atoms with Crippen LogP contribution in [0.25, 0.3) is 5.69 Å². The summed E-state index contributed by atoms with van der Waals surface area (Å²) >= 11 is 5.92. The van der Waals surface area contributed by atoms with Crippen molar-refractivity contribution in [2.45, 2.75) is 6.92 Å². The minimum Gasteiger partial charge on any atom is -0.293 e. The Kier molecular flexibility index (Phi) is 3.26. The van der Waals surface area contributed by atoms with Gasteiger partial charge in [0.2, 0.25) is 0 Å². The molecule has 0 saturated carbocycles. The Balaban J connectivity index is 2.72. The van der Waals surface area contributed by atoms with E-state index < -0.39 is 4.74 Å². The number of carbonyl (C=O) groups is 1. The van der Waals surface area contributed by atoms with Gasteiger partial charge in [-0.05, 0) is 24.4 Å². The SMILES string of the molecule is CC(=O)c1nn(-c2ccccc2)c(=S)sc1=O. The van der Waals surface area contributed by atoms with Crippen LogP contribution in [-0.4, -0.2) is 15.6 Å². The lowest BCUT2D eigenvalue weighted by atomic mass is 10.3. The van der Waals surface area contributed by atoms with Gasteiger partial charge in [-0.3, -0.25) is 9.59 Å². The van der Waals surface area contributed by atoms with Crippen LogP contribution < -0.4 is 4.74 Å². The fraction of sp³-hybridized carbons (Fsp3) is 0.0909. The van der Waals surface area contributed by atoms with E-state index in [0.717, 1.165) is 17.0 Å². The highest BCUT2D eigenvalue weighted by atomic mass is 32.1. The lowest BCUT2D eigenvalue weighted by molar-refractivity contribution is 0.101. The molecule has 1 aromatic heterocycles. The molecule has 0 aliphatic rings. The van der Waals surface area contributed by atoms with E-state index in [0.29, 0.717) is 3.95 Å². The van der Waals surface area contributed by atoms with Crippen molar-refractivity contribution in [3.63, 3.8) is 0 Å². The maximum absolute atomic E-state index is 11.5. The monoisotopic (exact) mass is 264 g/mol. The van der Waals surface area contributed by atoms with Gasteiger partial charge in [-0.2, -0.15) is 5.10 Å². The van der Waals surface area contributed by atoms with Gasteiger partial charge < -0.3 is 0 Å². The van der Waals surface area contributed by atoms with Gasteiger partial charge in [0.1, 0.15) is 0 Å².